The Bertz CT molecular complexity index is 459. The fourth-order valence-corrected chi connectivity index (χ4v) is 1.69. The van der Waals surface area contributed by atoms with Crippen LogP contribution in [0.3, 0.4) is 0 Å². The molecule has 0 radical (unpaired) electrons. The van der Waals surface area contributed by atoms with Gasteiger partial charge in [0.05, 0.1) is 13.7 Å². The van der Waals surface area contributed by atoms with Crippen LogP contribution in [0.15, 0.2) is 29.3 Å². The molecule has 6 heteroatoms. The second-order valence-corrected chi connectivity index (χ2v) is 5.75. The number of ether oxygens (including phenoxy) is 2. The molecule has 0 amide bonds. The van der Waals surface area contributed by atoms with Crippen LogP contribution < -0.4 is 20.1 Å². The number of hydrogen-bond acceptors (Lipinski definition) is 3. The maximum Gasteiger partial charge on any atom is 0.191 e. The van der Waals surface area contributed by atoms with Gasteiger partial charge in [-0.25, -0.2) is 0 Å². The van der Waals surface area contributed by atoms with Crippen molar-refractivity contribution in [3.05, 3.63) is 24.3 Å². The number of aliphatic imine (C=N–C) groups is 1. The van der Waals surface area contributed by atoms with Crippen molar-refractivity contribution in [1.82, 2.24) is 10.6 Å². The Morgan fingerprint density at radius 2 is 1.91 bits per heavy atom. The van der Waals surface area contributed by atoms with Crippen LogP contribution in [0.2, 0.25) is 0 Å². The molecule has 0 unspecified atom stereocenters. The van der Waals surface area contributed by atoms with Crippen molar-refractivity contribution in [3.8, 4) is 11.5 Å². The summed E-state index contributed by atoms with van der Waals surface area (Å²) in [5, 5.41) is 6.58. The number of nitrogens with one attached hydrogen (secondary N) is 2. The molecular weight excluding hydrogens is 393 g/mol. The van der Waals surface area contributed by atoms with Gasteiger partial charge in [0.25, 0.3) is 0 Å². The van der Waals surface area contributed by atoms with E-state index < -0.39 is 0 Å². The topological polar surface area (TPSA) is 54.9 Å². The van der Waals surface area contributed by atoms with Crippen molar-refractivity contribution >= 4 is 29.9 Å². The van der Waals surface area contributed by atoms with Gasteiger partial charge in [-0.15, -0.1) is 24.0 Å². The molecular formula is C16H28IN3O2. The Morgan fingerprint density at radius 1 is 1.23 bits per heavy atom. The number of rotatable bonds is 6. The minimum atomic E-state index is -0.00106. The Hall–Kier alpha value is -1.18. The largest absolute Gasteiger partial charge is 0.497 e. The summed E-state index contributed by atoms with van der Waals surface area (Å²) in [6.45, 7) is 7.76. The van der Waals surface area contributed by atoms with E-state index in [0.29, 0.717) is 6.61 Å². The van der Waals surface area contributed by atoms with Crippen molar-refractivity contribution in [2.24, 2.45) is 4.99 Å². The molecule has 0 aliphatic carbocycles. The second kappa shape index (κ2) is 10.5. The summed E-state index contributed by atoms with van der Waals surface area (Å²) >= 11 is 0. The van der Waals surface area contributed by atoms with Crippen molar-refractivity contribution in [2.75, 3.05) is 27.3 Å². The molecule has 0 fully saturated rings. The molecule has 0 saturated carbocycles. The highest BCUT2D eigenvalue weighted by atomic mass is 127. The van der Waals surface area contributed by atoms with Gasteiger partial charge >= 0.3 is 0 Å². The molecule has 0 heterocycles. The van der Waals surface area contributed by atoms with Gasteiger partial charge in [-0.05, 0) is 39.3 Å². The van der Waals surface area contributed by atoms with Gasteiger partial charge in [0.2, 0.25) is 0 Å². The molecule has 22 heavy (non-hydrogen) atoms. The number of nitrogens with zero attached hydrogens (tertiary/aromatic N) is 1. The van der Waals surface area contributed by atoms with Crippen molar-refractivity contribution in [3.63, 3.8) is 0 Å². The first kappa shape index (κ1) is 20.8. The summed E-state index contributed by atoms with van der Waals surface area (Å²) in [6.07, 6.45) is 0.891. The zero-order valence-corrected chi connectivity index (χ0v) is 16.4. The third-order valence-electron chi connectivity index (χ3n) is 2.64. The average molecular weight is 421 g/mol. The summed E-state index contributed by atoms with van der Waals surface area (Å²) in [4.78, 5) is 4.19. The normalized spacial score (nSPS) is 11.4. The van der Waals surface area contributed by atoms with Crippen LogP contribution in [0.4, 0.5) is 0 Å². The van der Waals surface area contributed by atoms with Crippen molar-refractivity contribution < 1.29 is 9.47 Å². The molecule has 0 saturated heterocycles. The van der Waals surface area contributed by atoms with Gasteiger partial charge < -0.3 is 20.1 Å². The van der Waals surface area contributed by atoms with Crippen LogP contribution in [0.25, 0.3) is 0 Å². The Labute approximate surface area is 150 Å². The number of halogens is 1. The van der Waals surface area contributed by atoms with E-state index in [1.54, 1.807) is 14.2 Å². The quantitative estimate of drug-likeness (QED) is 0.321. The Kier molecular flexibility index (Phi) is 9.97. The second-order valence-electron chi connectivity index (χ2n) is 5.75. The lowest BCUT2D eigenvalue weighted by Gasteiger charge is -2.23. The average Bonchev–Trinajstić information content (AvgIpc) is 2.44. The van der Waals surface area contributed by atoms with Gasteiger partial charge in [0.15, 0.2) is 5.96 Å². The first-order chi connectivity index (χ1) is 9.94. The van der Waals surface area contributed by atoms with E-state index in [4.69, 9.17) is 9.47 Å². The van der Waals surface area contributed by atoms with Crippen molar-refractivity contribution in [1.29, 1.82) is 0 Å². The molecule has 0 bridgehead atoms. The van der Waals surface area contributed by atoms with E-state index in [1.165, 1.54) is 0 Å². The predicted molar refractivity (Wildman–Crippen MR) is 103 cm³/mol. The number of methoxy groups -OCH3 is 1. The molecule has 0 aromatic heterocycles. The first-order valence-electron chi connectivity index (χ1n) is 7.20. The fraction of sp³-hybridized carbons (Fsp3) is 0.562. The Balaban J connectivity index is 0.00000441. The first-order valence-corrected chi connectivity index (χ1v) is 7.20. The Morgan fingerprint density at radius 3 is 2.50 bits per heavy atom. The van der Waals surface area contributed by atoms with Gasteiger partial charge in [-0.1, -0.05) is 6.07 Å². The zero-order chi connectivity index (χ0) is 15.7. The molecule has 1 aromatic carbocycles. The maximum absolute atomic E-state index is 5.68. The van der Waals surface area contributed by atoms with E-state index in [-0.39, 0.29) is 29.5 Å². The monoisotopic (exact) mass is 421 g/mol. The third kappa shape index (κ3) is 8.96. The summed E-state index contributed by atoms with van der Waals surface area (Å²) < 4.78 is 10.8. The molecule has 5 nitrogen and oxygen atoms in total. The molecule has 0 spiro atoms. The van der Waals surface area contributed by atoms with Crippen LogP contribution in [-0.4, -0.2) is 38.8 Å². The van der Waals surface area contributed by atoms with Gasteiger partial charge in [0.1, 0.15) is 11.5 Å². The molecule has 2 N–H and O–H groups in total. The number of guanidine groups is 1. The van der Waals surface area contributed by atoms with Crippen LogP contribution in [-0.2, 0) is 0 Å². The van der Waals surface area contributed by atoms with Gasteiger partial charge in [-0.2, -0.15) is 0 Å². The summed E-state index contributed by atoms with van der Waals surface area (Å²) in [7, 11) is 3.42. The van der Waals surface area contributed by atoms with Crippen LogP contribution in [0.5, 0.6) is 11.5 Å². The number of hydrogen-bond donors (Lipinski definition) is 2. The van der Waals surface area contributed by atoms with Crippen LogP contribution in [0.1, 0.15) is 27.2 Å². The minimum absolute atomic E-state index is 0. The minimum Gasteiger partial charge on any atom is -0.497 e. The number of benzene rings is 1. The fourth-order valence-electron chi connectivity index (χ4n) is 1.69. The van der Waals surface area contributed by atoms with Crippen molar-refractivity contribution in [2.45, 2.75) is 32.7 Å². The SMILES string of the molecule is CN=C(NCCCOc1cccc(OC)c1)NC(C)(C)C.I. The van der Waals surface area contributed by atoms with Gasteiger partial charge in [-0.3, -0.25) is 4.99 Å². The standard InChI is InChI=1S/C16H27N3O2.HI/c1-16(2,3)19-15(17-4)18-10-7-11-21-14-9-6-8-13(12-14)20-5;/h6,8-9,12H,7,10-11H2,1-5H3,(H2,17,18,19);1H. The van der Waals surface area contributed by atoms with Crippen LogP contribution >= 0.6 is 24.0 Å². The zero-order valence-electron chi connectivity index (χ0n) is 14.1. The molecule has 126 valence electrons. The molecule has 0 atom stereocenters. The van der Waals surface area contributed by atoms with E-state index in [9.17, 15) is 0 Å². The molecule has 0 aliphatic rings. The lowest BCUT2D eigenvalue weighted by molar-refractivity contribution is 0.308. The van der Waals surface area contributed by atoms with Crippen LogP contribution in [0, 0.1) is 0 Å². The smallest absolute Gasteiger partial charge is 0.191 e. The summed E-state index contributed by atoms with van der Waals surface area (Å²) in [5.41, 5.74) is -0.00106. The highest BCUT2D eigenvalue weighted by Crippen LogP contribution is 2.18. The third-order valence-corrected chi connectivity index (χ3v) is 2.64. The van der Waals surface area contributed by atoms with E-state index >= 15 is 0 Å². The van der Waals surface area contributed by atoms with E-state index in [1.807, 2.05) is 24.3 Å². The highest BCUT2D eigenvalue weighted by molar-refractivity contribution is 14.0. The van der Waals surface area contributed by atoms with Gasteiger partial charge in [0, 0.05) is 25.2 Å². The highest BCUT2D eigenvalue weighted by Gasteiger charge is 2.11. The maximum atomic E-state index is 5.68. The predicted octanol–water partition coefficient (Wildman–Crippen LogP) is 3.05. The van der Waals surface area contributed by atoms with E-state index in [2.05, 4.69) is 36.4 Å². The molecule has 0 aliphatic heterocycles. The lowest BCUT2D eigenvalue weighted by Crippen LogP contribution is -2.47. The summed E-state index contributed by atoms with van der Waals surface area (Å²) in [5.74, 6) is 2.44. The molecule has 1 aromatic rings. The molecule has 1 rings (SSSR count). The lowest BCUT2D eigenvalue weighted by atomic mass is 10.1. The van der Waals surface area contributed by atoms with E-state index in [0.717, 1.165) is 30.4 Å². The summed E-state index contributed by atoms with van der Waals surface area (Å²) in [6, 6.07) is 7.63.